The van der Waals surface area contributed by atoms with E-state index < -0.39 is 18.0 Å². The van der Waals surface area contributed by atoms with Crippen LogP contribution in [0.2, 0.25) is 0 Å². The zero-order chi connectivity index (χ0) is 14.4. The quantitative estimate of drug-likeness (QED) is 0.750. The third-order valence-corrected chi connectivity index (χ3v) is 3.53. The molecule has 1 rings (SSSR count). The van der Waals surface area contributed by atoms with Gasteiger partial charge in [-0.1, -0.05) is 13.8 Å². The van der Waals surface area contributed by atoms with Crippen molar-refractivity contribution in [3.63, 3.8) is 0 Å². The highest BCUT2D eigenvalue weighted by Gasteiger charge is 2.20. The summed E-state index contributed by atoms with van der Waals surface area (Å²) in [7, 11) is 0. The molecule has 5 nitrogen and oxygen atoms in total. The Morgan fingerprint density at radius 1 is 1.37 bits per heavy atom. The van der Waals surface area contributed by atoms with Crippen LogP contribution in [0, 0.1) is 12.8 Å². The maximum absolute atomic E-state index is 11.6. The first-order valence-electron chi connectivity index (χ1n) is 6.21. The Balaban J connectivity index is 2.42. The molecular weight excluding hydrogens is 264 g/mol. The van der Waals surface area contributed by atoms with E-state index in [1.165, 1.54) is 4.88 Å². The highest BCUT2D eigenvalue weighted by Crippen LogP contribution is 2.14. The lowest BCUT2D eigenvalue weighted by Crippen LogP contribution is -2.46. The molecule has 0 aliphatic rings. The lowest BCUT2D eigenvalue weighted by Gasteiger charge is -2.16. The fourth-order valence-corrected chi connectivity index (χ4v) is 2.48. The number of urea groups is 1. The molecular formula is C13H20N2O3S. The molecule has 3 N–H and O–H groups in total. The molecule has 0 saturated heterocycles. The van der Waals surface area contributed by atoms with E-state index in [-0.39, 0.29) is 5.92 Å². The SMILES string of the molecule is Cc1ccc(CNC(=O)NC(CC(C)C)C(=O)O)s1. The van der Waals surface area contributed by atoms with Crippen LogP contribution in [0.15, 0.2) is 12.1 Å². The van der Waals surface area contributed by atoms with E-state index in [9.17, 15) is 9.59 Å². The first-order chi connectivity index (χ1) is 8.88. The van der Waals surface area contributed by atoms with Crippen molar-refractivity contribution >= 4 is 23.3 Å². The summed E-state index contributed by atoms with van der Waals surface area (Å²) in [6.07, 6.45) is 0.418. The third kappa shape index (κ3) is 5.74. The predicted molar refractivity (Wildman–Crippen MR) is 75.3 cm³/mol. The van der Waals surface area contributed by atoms with Crippen molar-refractivity contribution in [1.82, 2.24) is 10.6 Å². The van der Waals surface area contributed by atoms with Crippen LogP contribution in [0.1, 0.15) is 30.0 Å². The minimum Gasteiger partial charge on any atom is -0.480 e. The van der Waals surface area contributed by atoms with Gasteiger partial charge >= 0.3 is 12.0 Å². The molecule has 1 atom stereocenters. The monoisotopic (exact) mass is 284 g/mol. The summed E-state index contributed by atoms with van der Waals surface area (Å²) in [5, 5.41) is 14.2. The number of amides is 2. The number of rotatable bonds is 6. The Morgan fingerprint density at radius 2 is 2.05 bits per heavy atom. The molecule has 0 saturated carbocycles. The van der Waals surface area contributed by atoms with Gasteiger partial charge in [0.05, 0.1) is 6.54 Å². The van der Waals surface area contributed by atoms with Crippen molar-refractivity contribution in [3.8, 4) is 0 Å². The zero-order valence-corrected chi connectivity index (χ0v) is 12.2. The van der Waals surface area contributed by atoms with E-state index in [0.29, 0.717) is 13.0 Å². The average Bonchev–Trinajstić information content (AvgIpc) is 2.71. The van der Waals surface area contributed by atoms with E-state index in [1.807, 2.05) is 32.9 Å². The van der Waals surface area contributed by atoms with Crippen molar-refractivity contribution in [1.29, 1.82) is 0 Å². The molecule has 0 aromatic carbocycles. The molecule has 6 heteroatoms. The topological polar surface area (TPSA) is 78.4 Å². The van der Waals surface area contributed by atoms with Gasteiger partial charge in [0, 0.05) is 9.75 Å². The smallest absolute Gasteiger partial charge is 0.326 e. The third-order valence-electron chi connectivity index (χ3n) is 2.53. The molecule has 1 unspecified atom stereocenters. The van der Waals surface area contributed by atoms with Gasteiger partial charge in [0.2, 0.25) is 0 Å². The number of thiophene rings is 1. The number of carbonyl (C=O) groups excluding carboxylic acids is 1. The minimum atomic E-state index is -1.00. The summed E-state index contributed by atoms with van der Waals surface area (Å²) in [6, 6.07) is 2.64. The van der Waals surface area contributed by atoms with E-state index in [4.69, 9.17) is 5.11 Å². The van der Waals surface area contributed by atoms with Crippen LogP contribution in [-0.2, 0) is 11.3 Å². The maximum atomic E-state index is 11.6. The highest BCUT2D eigenvalue weighted by molar-refractivity contribution is 7.11. The van der Waals surface area contributed by atoms with E-state index >= 15 is 0 Å². The molecule has 0 radical (unpaired) electrons. The van der Waals surface area contributed by atoms with Crippen molar-refractivity contribution in [3.05, 3.63) is 21.9 Å². The lowest BCUT2D eigenvalue weighted by molar-refractivity contribution is -0.139. The van der Waals surface area contributed by atoms with Gasteiger partial charge in [-0.15, -0.1) is 11.3 Å². The van der Waals surface area contributed by atoms with Crippen LogP contribution < -0.4 is 10.6 Å². The summed E-state index contributed by atoms with van der Waals surface area (Å²) in [5.41, 5.74) is 0. The van der Waals surface area contributed by atoms with Gasteiger partial charge in [0.1, 0.15) is 6.04 Å². The largest absolute Gasteiger partial charge is 0.480 e. The van der Waals surface area contributed by atoms with Crippen LogP contribution >= 0.6 is 11.3 Å². The molecule has 1 heterocycles. The number of carboxylic acids is 1. The van der Waals surface area contributed by atoms with Gasteiger partial charge in [-0.3, -0.25) is 0 Å². The summed E-state index contributed by atoms with van der Waals surface area (Å²) in [5.74, 6) is -0.794. The van der Waals surface area contributed by atoms with Gasteiger partial charge < -0.3 is 15.7 Å². The van der Waals surface area contributed by atoms with Crippen molar-refractivity contribution < 1.29 is 14.7 Å². The highest BCUT2D eigenvalue weighted by atomic mass is 32.1. The summed E-state index contributed by atoms with van der Waals surface area (Å²) >= 11 is 1.61. The summed E-state index contributed by atoms with van der Waals surface area (Å²) in [6.45, 7) is 6.25. The van der Waals surface area contributed by atoms with E-state index in [0.717, 1.165) is 4.88 Å². The lowest BCUT2D eigenvalue weighted by atomic mass is 10.0. The number of nitrogens with one attached hydrogen (secondary N) is 2. The first-order valence-corrected chi connectivity index (χ1v) is 7.02. The van der Waals surface area contributed by atoms with Gasteiger partial charge in [0.15, 0.2) is 0 Å². The normalized spacial score (nSPS) is 12.2. The first kappa shape index (κ1) is 15.5. The number of aliphatic carboxylic acids is 1. The second kappa shape index (κ2) is 7.13. The molecule has 106 valence electrons. The van der Waals surface area contributed by atoms with Crippen LogP contribution in [-0.4, -0.2) is 23.1 Å². The summed E-state index contributed by atoms with van der Waals surface area (Å²) < 4.78 is 0. The molecule has 0 aliphatic carbocycles. The molecule has 0 fully saturated rings. The Bertz CT molecular complexity index is 443. The van der Waals surface area contributed by atoms with Gasteiger partial charge in [-0.25, -0.2) is 9.59 Å². The van der Waals surface area contributed by atoms with Gasteiger partial charge in [0.25, 0.3) is 0 Å². The van der Waals surface area contributed by atoms with Gasteiger partial charge in [-0.2, -0.15) is 0 Å². The number of aryl methyl sites for hydroxylation is 1. The fourth-order valence-electron chi connectivity index (χ4n) is 1.65. The molecule has 0 spiro atoms. The van der Waals surface area contributed by atoms with Crippen LogP contribution in [0.3, 0.4) is 0 Å². The van der Waals surface area contributed by atoms with E-state index in [2.05, 4.69) is 10.6 Å². The molecule has 19 heavy (non-hydrogen) atoms. The molecule has 1 aromatic heterocycles. The van der Waals surface area contributed by atoms with Crippen LogP contribution in [0.5, 0.6) is 0 Å². The van der Waals surface area contributed by atoms with Crippen molar-refractivity contribution in [2.45, 2.75) is 39.8 Å². The Labute approximate surface area is 117 Å². The second-order valence-corrected chi connectivity index (χ2v) is 6.23. The Morgan fingerprint density at radius 3 is 2.53 bits per heavy atom. The zero-order valence-electron chi connectivity index (χ0n) is 11.4. The summed E-state index contributed by atoms with van der Waals surface area (Å²) in [4.78, 5) is 24.9. The fraction of sp³-hybridized carbons (Fsp3) is 0.538. The molecule has 0 bridgehead atoms. The second-order valence-electron chi connectivity index (χ2n) is 4.86. The Kier molecular flexibility index (Phi) is 5.82. The standard InChI is InChI=1S/C13H20N2O3S/c1-8(2)6-11(12(16)17)15-13(18)14-7-10-5-4-9(3)19-10/h4-5,8,11H,6-7H2,1-3H3,(H,16,17)(H2,14,15,18). The predicted octanol–water partition coefficient (Wildman–Crippen LogP) is 2.36. The minimum absolute atomic E-state index is 0.210. The number of hydrogen-bond acceptors (Lipinski definition) is 3. The number of hydrogen-bond donors (Lipinski definition) is 3. The van der Waals surface area contributed by atoms with Crippen LogP contribution in [0.25, 0.3) is 0 Å². The molecule has 0 aliphatic heterocycles. The Hall–Kier alpha value is -1.56. The van der Waals surface area contributed by atoms with Gasteiger partial charge in [-0.05, 0) is 31.4 Å². The maximum Gasteiger partial charge on any atom is 0.326 e. The van der Waals surface area contributed by atoms with Crippen molar-refractivity contribution in [2.24, 2.45) is 5.92 Å². The van der Waals surface area contributed by atoms with Crippen molar-refractivity contribution in [2.75, 3.05) is 0 Å². The van der Waals surface area contributed by atoms with Crippen LogP contribution in [0.4, 0.5) is 4.79 Å². The van der Waals surface area contributed by atoms with E-state index in [1.54, 1.807) is 11.3 Å². The average molecular weight is 284 g/mol. The number of carbonyl (C=O) groups is 2. The molecule has 2 amide bonds. The molecule has 1 aromatic rings. The number of carboxylic acid groups (broad SMARTS) is 1.